The van der Waals surface area contributed by atoms with Crippen LogP contribution in [-0.2, 0) is 0 Å². The van der Waals surface area contributed by atoms with Gasteiger partial charge in [0.1, 0.15) is 0 Å². The fourth-order valence-corrected chi connectivity index (χ4v) is 0.416. The molecular weight excluding hydrogens is 141 g/mol. The summed E-state index contributed by atoms with van der Waals surface area (Å²) in [5.74, 6) is 0. The van der Waals surface area contributed by atoms with E-state index in [9.17, 15) is 0 Å². The predicted molar refractivity (Wildman–Crippen MR) is 26.6 cm³/mol. The van der Waals surface area contributed by atoms with Crippen LogP contribution < -0.4 is 0 Å². The molecule has 0 unspecified atom stereocenters. The summed E-state index contributed by atoms with van der Waals surface area (Å²) in [5, 5.41) is 0. The second-order valence-electron chi connectivity index (χ2n) is 1.03. The van der Waals surface area contributed by atoms with Gasteiger partial charge in [-0.15, -0.1) is 0 Å². The molecule has 0 aliphatic rings. The summed E-state index contributed by atoms with van der Waals surface area (Å²) in [6.45, 7) is 0. The molecule has 0 fully saturated rings. The molecular formula is C2H6AsN3. The predicted octanol–water partition coefficient (Wildman–Crippen LogP) is 1.55. The minimum absolute atomic E-state index is 1.02. The first-order chi connectivity index (χ1) is 2.77. The Labute approximate surface area is 41.5 Å². The van der Waals surface area contributed by atoms with Crippen molar-refractivity contribution in [3.05, 3.63) is 10.4 Å². The SMILES string of the molecule is C[As](C)N=[N+]=[N-]. The zero-order valence-corrected chi connectivity index (χ0v) is 5.67. The fourth-order valence-electron chi connectivity index (χ4n) is 0.0800. The monoisotopic (exact) mass is 147 g/mol. The van der Waals surface area contributed by atoms with E-state index in [1.807, 2.05) is 11.4 Å². The zero-order chi connectivity index (χ0) is 4.99. The molecule has 0 aromatic heterocycles. The number of hydrogen-bond donors (Lipinski definition) is 0. The standard InChI is InChI=1S/C2H6AsN3/c1-3(2)5-6-4/h1-2H3. The Morgan fingerprint density at radius 2 is 2.17 bits per heavy atom. The molecule has 0 aromatic carbocycles. The van der Waals surface area contributed by atoms with Crippen LogP contribution in [0.4, 0.5) is 0 Å². The molecule has 0 aliphatic heterocycles. The average molecular weight is 147 g/mol. The Hall–Kier alpha value is -0.132. The van der Waals surface area contributed by atoms with E-state index in [2.05, 4.69) is 8.94 Å². The molecule has 0 aliphatic carbocycles. The number of rotatable bonds is 1. The van der Waals surface area contributed by atoms with Gasteiger partial charge in [0, 0.05) is 0 Å². The Morgan fingerprint density at radius 1 is 1.67 bits per heavy atom. The van der Waals surface area contributed by atoms with Crippen molar-refractivity contribution in [1.29, 1.82) is 0 Å². The third kappa shape index (κ3) is 3.87. The number of azide groups is 1. The topological polar surface area (TPSA) is 48.8 Å². The van der Waals surface area contributed by atoms with Crippen molar-refractivity contribution in [2.45, 2.75) is 11.4 Å². The van der Waals surface area contributed by atoms with E-state index in [4.69, 9.17) is 5.53 Å². The van der Waals surface area contributed by atoms with E-state index in [-0.39, 0.29) is 0 Å². The first-order valence-electron chi connectivity index (χ1n) is 1.49. The van der Waals surface area contributed by atoms with Crippen LogP contribution in [0.25, 0.3) is 10.4 Å². The van der Waals surface area contributed by atoms with Crippen LogP contribution >= 0.6 is 0 Å². The fraction of sp³-hybridized carbons (Fsp3) is 1.00. The molecule has 0 rings (SSSR count). The third-order valence-electron chi connectivity index (χ3n) is 0.219. The molecule has 0 saturated heterocycles. The number of hydrogen-bond acceptors (Lipinski definition) is 1. The van der Waals surface area contributed by atoms with Gasteiger partial charge in [-0.05, 0) is 0 Å². The first kappa shape index (κ1) is 5.87. The van der Waals surface area contributed by atoms with Crippen molar-refractivity contribution in [3.63, 3.8) is 0 Å². The first-order valence-corrected chi connectivity index (χ1v) is 6.09. The molecule has 0 atom stereocenters. The molecule has 0 amide bonds. The van der Waals surface area contributed by atoms with E-state index < -0.39 is 14.9 Å². The number of nitrogens with zero attached hydrogens (tertiary/aromatic N) is 3. The quantitative estimate of drug-likeness (QED) is 0.234. The van der Waals surface area contributed by atoms with Crippen molar-refractivity contribution in [2.75, 3.05) is 0 Å². The molecule has 0 radical (unpaired) electrons. The Balaban J connectivity index is 3.29. The molecule has 34 valence electrons. The summed E-state index contributed by atoms with van der Waals surface area (Å²) >= 11 is -1.02. The van der Waals surface area contributed by atoms with Crippen LogP contribution in [0.2, 0.25) is 11.4 Å². The van der Waals surface area contributed by atoms with E-state index in [0.717, 1.165) is 0 Å². The van der Waals surface area contributed by atoms with Crippen LogP contribution in [0.5, 0.6) is 0 Å². The summed E-state index contributed by atoms with van der Waals surface area (Å²) in [5.41, 5.74) is 11.7. The van der Waals surface area contributed by atoms with Gasteiger partial charge in [0.15, 0.2) is 0 Å². The van der Waals surface area contributed by atoms with Gasteiger partial charge >= 0.3 is 40.8 Å². The summed E-state index contributed by atoms with van der Waals surface area (Å²) in [6, 6.07) is 0. The van der Waals surface area contributed by atoms with E-state index in [0.29, 0.717) is 0 Å². The maximum absolute atomic E-state index is 7.73. The van der Waals surface area contributed by atoms with Crippen molar-refractivity contribution >= 4 is 14.9 Å². The third-order valence-corrected chi connectivity index (χ3v) is 1.14. The van der Waals surface area contributed by atoms with Gasteiger partial charge < -0.3 is 0 Å². The molecule has 0 bridgehead atoms. The summed E-state index contributed by atoms with van der Waals surface area (Å²) in [7, 11) is 0. The van der Waals surface area contributed by atoms with Gasteiger partial charge in [0.05, 0.1) is 0 Å². The van der Waals surface area contributed by atoms with Crippen molar-refractivity contribution < 1.29 is 0 Å². The zero-order valence-electron chi connectivity index (χ0n) is 3.79. The average Bonchev–Trinajstić information content (AvgIpc) is 1.35. The van der Waals surface area contributed by atoms with Gasteiger partial charge in [0.25, 0.3) is 0 Å². The second-order valence-corrected chi connectivity index (χ2v) is 4.96. The van der Waals surface area contributed by atoms with Crippen molar-refractivity contribution in [2.24, 2.45) is 4.03 Å². The van der Waals surface area contributed by atoms with Crippen LogP contribution in [0.3, 0.4) is 0 Å². The summed E-state index contributed by atoms with van der Waals surface area (Å²) in [4.78, 5) is 2.62. The van der Waals surface area contributed by atoms with E-state index in [1.165, 1.54) is 0 Å². The van der Waals surface area contributed by atoms with Gasteiger partial charge in [-0.3, -0.25) is 0 Å². The second kappa shape index (κ2) is 3.07. The molecule has 0 heterocycles. The summed E-state index contributed by atoms with van der Waals surface area (Å²) < 4.78 is 3.45. The Bertz CT molecular complexity index is 72.9. The molecule has 6 heavy (non-hydrogen) atoms. The van der Waals surface area contributed by atoms with Crippen molar-refractivity contribution in [3.8, 4) is 0 Å². The van der Waals surface area contributed by atoms with Gasteiger partial charge in [-0.1, -0.05) is 0 Å². The van der Waals surface area contributed by atoms with Gasteiger partial charge in [-0.2, -0.15) is 0 Å². The van der Waals surface area contributed by atoms with E-state index >= 15 is 0 Å². The summed E-state index contributed by atoms with van der Waals surface area (Å²) in [6.07, 6.45) is 0. The molecule has 0 aromatic rings. The Kier molecular flexibility index (Phi) is 3.01. The van der Waals surface area contributed by atoms with Crippen LogP contribution in [0, 0.1) is 0 Å². The van der Waals surface area contributed by atoms with Crippen LogP contribution in [0.15, 0.2) is 4.03 Å². The van der Waals surface area contributed by atoms with Crippen LogP contribution in [0.1, 0.15) is 0 Å². The normalized spacial score (nSPS) is 7.83. The van der Waals surface area contributed by atoms with E-state index in [1.54, 1.807) is 0 Å². The van der Waals surface area contributed by atoms with Gasteiger partial charge in [-0.25, -0.2) is 0 Å². The molecule has 0 saturated carbocycles. The molecule has 4 heteroatoms. The van der Waals surface area contributed by atoms with Crippen LogP contribution in [-0.4, -0.2) is 14.9 Å². The minimum atomic E-state index is -1.02. The Morgan fingerprint density at radius 3 is 2.17 bits per heavy atom. The van der Waals surface area contributed by atoms with Crippen molar-refractivity contribution in [1.82, 2.24) is 0 Å². The molecule has 0 N–H and O–H groups in total. The maximum atomic E-state index is 7.73. The molecule has 3 nitrogen and oxygen atoms in total. The molecule has 0 spiro atoms. The van der Waals surface area contributed by atoms with Gasteiger partial charge in [0.2, 0.25) is 0 Å².